The third-order valence-corrected chi connectivity index (χ3v) is 5.54. The molecule has 0 aliphatic rings. The molecule has 6 nitrogen and oxygen atoms in total. The molecule has 3 rings (SSSR count). The second kappa shape index (κ2) is 6.84. The Balaban J connectivity index is 1.90. The third-order valence-electron chi connectivity index (χ3n) is 3.29. The molecule has 0 aliphatic carbocycles. The largest absolute Gasteiger partial charge is 0.334 e. The molecule has 0 unspecified atom stereocenters. The van der Waals surface area contributed by atoms with Crippen LogP contribution in [0.3, 0.4) is 0 Å². The van der Waals surface area contributed by atoms with Gasteiger partial charge in [-0.1, -0.05) is 40.1 Å². The van der Waals surface area contributed by atoms with Gasteiger partial charge < -0.3 is 4.52 Å². The SMILES string of the molecule is CCNS(=O)(=O)c1ccc(-c2nc(-c3ccccc3Br)no2)cc1. The van der Waals surface area contributed by atoms with Crippen molar-refractivity contribution in [1.82, 2.24) is 14.9 Å². The second-order valence-electron chi connectivity index (χ2n) is 4.93. The van der Waals surface area contributed by atoms with E-state index in [1.54, 1.807) is 19.1 Å². The summed E-state index contributed by atoms with van der Waals surface area (Å²) in [7, 11) is -3.48. The molecule has 0 spiro atoms. The van der Waals surface area contributed by atoms with Gasteiger partial charge in [-0.15, -0.1) is 0 Å². The third kappa shape index (κ3) is 3.40. The Kier molecular flexibility index (Phi) is 4.79. The van der Waals surface area contributed by atoms with Crippen LogP contribution in [0, 0.1) is 0 Å². The summed E-state index contributed by atoms with van der Waals surface area (Å²) < 4.78 is 32.5. The number of nitrogens with one attached hydrogen (secondary N) is 1. The predicted molar refractivity (Wildman–Crippen MR) is 93.7 cm³/mol. The molecule has 0 saturated heterocycles. The summed E-state index contributed by atoms with van der Waals surface area (Å²) in [5.41, 5.74) is 1.47. The summed E-state index contributed by atoms with van der Waals surface area (Å²) in [6.07, 6.45) is 0. The number of aromatic nitrogens is 2. The lowest BCUT2D eigenvalue weighted by molar-refractivity contribution is 0.432. The highest BCUT2D eigenvalue weighted by Gasteiger charge is 2.15. The molecule has 0 radical (unpaired) electrons. The van der Waals surface area contributed by atoms with Crippen molar-refractivity contribution in [2.24, 2.45) is 0 Å². The molecule has 8 heteroatoms. The standard InChI is InChI=1S/C16H14BrN3O3S/c1-2-18-24(21,22)12-9-7-11(8-10-12)16-19-15(20-23-16)13-5-3-4-6-14(13)17/h3-10,18H,2H2,1H3. The van der Waals surface area contributed by atoms with Gasteiger partial charge in [0.2, 0.25) is 15.8 Å². The number of hydrogen-bond donors (Lipinski definition) is 1. The van der Waals surface area contributed by atoms with Crippen LogP contribution in [0.2, 0.25) is 0 Å². The summed E-state index contributed by atoms with van der Waals surface area (Å²) in [5.74, 6) is 0.787. The molecule has 0 amide bonds. The molecular weight excluding hydrogens is 394 g/mol. The number of halogens is 1. The van der Waals surface area contributed by atoms with Gasteiger partial charge in [-0.3, -0.25) is 0 Å². The van der Waals surface area contributed by atoms with Crippen LogP contribution in [0.15, 0.2) is 62.4 Å². The van der Waals surface area contributed by atoms with Gasteiger partial charge in [0.25, 0.3) is 5.89 Å². The zero-order valence-corrected chi connectivity index (χ0v) is 15.1. The van der Waals surface area contributed by atoms with Gasteiger partial charge in [0.1, 0.15) is 0 Å². The van der Waals surface area contributed by atoms with E-state index in [0.29, 0.717) is 23.8 Å². The van der Waals surface area contributed by atoms with Crippen molar-refractivity contribution in [3.63, 3.8) is 0 Å². The number of sulfonamides is 1. The van der Waals surface area contributed by atoms with E-state index in [9.17, 15) is 8.42 Å². The average Bonchev–Trinajstić information content (AvgIpc) is 3.05. The predicted octanol–water partition coefficient (Wildman–Crippen LogP) is 3.46. The first kappa shape index (κ1) is 16.8. The Bertz CT molecular complexity index is 953. The van der Waals surface area contributed by atoms with Crippen molar-refractivity contribution < 1.29 is 12.9 Å². The second-order valence-corrected chi connectivity index (χ2v) is 7.55. The topological polar surface area (TPSA) is 85.1 Å². The number of rotatable bonds is 5. The van der Waals surface area contributed by atoms with Crippen LogP contribution in [0.4, 0.5) is 0 Å². The van der Waals surface area contributed by atoms with E-state index in [4.69, 9.17) is 4.52 Å². The van der Waals surface area contributed by atoms with Gasteiger partial charge in [0, 0.05) is 22.1 Å². The molecule has 0 saturated carbocycles. The van der Waals surface area contributed by atoms with E-state index >= 15 is 0 Å². The lowest BCUT2D eigenvalue weighted by Gasteiger charge is -2.04. The molecule has 1 heterocycles. The first-order chi connectivity index (χ1) is 11.5. The van der Waals surface area contributed by atoms with Crippen molar-refractivity contribution in [3.8, 4) is 22.8 Å². The molecule has 0 bridgehead atoms. The van der Waals surface area contributed by atoms with Gasteiger partial charge in [-0.2, -0.15) is 4.98 Å². The van der Waals surface area contributed by atoms with Gasteiger partial charge in [0.15, 0.2) is 0 Å². The van der Waals surface area contributed by atoms with Crippen LogP contribution >= 0.6 is 15.9 Å². The molecule has 0 atom stereocenters. The lowest BCUT2D eigenvalue weighted by Crippen LogP contribution is -2.22. The molecule has 24 heavy (non-hydrogen) atoms. The Labute approximate surface area is 148 Å². The van der Waals surface area contributed by atoms with Crippen LogP contribution in [-0.2, 0) is 10.0 Å². The fraction of sp³-hybridized carbons (Fsp3) is 0.125. The maximum absolute atomic E-state index is 11.9. The Morgan fingerprint density at radius 1 is 1.12 bits per heavy atom. The number of nitrogens with zero attached hydrogens (tertiary/aromatic N) is 2. The van der Waals surface area contributed by atoms with E-state index in [-0.39, 0.29) is 4.90 Å². The summed E-state index contributed by atoms with van der Waals surface area (Å²) >= 11 is 3.45. The van der Waals surface area contributed by atoms with E-state index in [1.165, 1.54) is 12.1 Å². The normalized spacial score (nSPS) is 11.6. The van der Waals surface area contributed by atoms with Crippen LogP contribution < -0.4 is 4.72 Å². The van der Waals surface area contributed by atoms with Crippen LogP contribution in [0.1, 0.15) is 6.92 Å². The molecule has 3 aromatic rings. The van der Waals surface area contributed by atoms with Gasteiger partial charge in [0.05, 0.1) is 4.90 Å². The van der Waals surface area contributed by atoms with Gasteiger partial charge in [-0.05, 0) is 36.4 Å². The van der Waals surface area contributed by atoms with E-state index in [2.05, 4.69) is 30.8 Å². The van der Waals surface area contributed by atoms with Crippen molar-refractivity contribution >= 4 is 26.0 Å². The Morgan fingerprint density at radius 3 is 2.50 bits per heavy atom. The van der Waals surface area contributed by atoms with E-state index in [1.807, 2.05) is 24.3 Å². The van der Waals surface area contributed by atoms with E-state index in [0.717, 1.165) is 10.0 Å². The van der Waals surface area contributed by atoms with Gasteiger partial charge in [-0.25, -0.2) is 13.1 Å². The zero-order chi connectivity index (χ0) is 17.2. The molecule has 0 fully saturated rings. The van der Waals surface area contributed by atoms with Gasteiger partial charge >= 0.3 is 0 Å². The number of benzene rings is 2. The molecular formula is C16H14BrN3O3S. The number of hydrogen-bond acceptors (Lipinski definition) is 5. The summed E-state index contributed by atoms with van der Waals surface area (Å²) in [4.78, 5) is 4.56. The Morgan fingerprint density at radius 2 is 1.83 bits per heavy atom. The minimum atomic E-state index is -3.48. The summed E-state index contributed by atoms with van der Waals surface area (Å²) in [5, 5.41) is 3.98. The highest BCUT2D eigenvalue weighted by molar-refractivity contribution is 9.10. The molecule has 1 aromatic heterocycles. The smallest absolute Gasteiger partial charge is 0.258 e. The first-order valence-electron chi connectivity index (χ1n) is 7.20. The maximum Gasteiger partial charge on any atom is 0.258 e. The first-order valence-corrected chi connectivity index (χ1v) is 9.47. The minimum absolute atomic E-state index is 0.193. The fourth-order valence-electron chi connectivity index (χ4n) is 2.14. The van der Waals surface area contributed by atoms with Crippen LogP contribution in [0.25, 0.3) is 22.8 Å². The monoisotopic (exact) mass is 407 g/mol. The lowest BCUT2D eigenvalue weighted by atomic mass is 10.2. The quantitative estimate of drug-likeness (QED) is 0.699. The van der Waals surface area contributed by atoms with Crippen LogP contribution in [0.5, 0.6) is 0 Å². The Hall–Kier alpha value is -2.03. The molecule has 124 valence electrons. The van der Waals surface area contributed by atoms with Crippen molar-refractivity contribution in [2.75, 3.05) is 6.54 Å². The molecule has 1 N–H and O–H groups in total. The minimum Gasteiger partial charge on any atom is -0.334 e. The van der Waals surface area contributed by atoms with E-state index < -0.39 is 10.0 Å². The van der Waals surface area contributed by atoms with Crippen molar-refractivity contribution in [1.29, 1.82) is 0 Å². The highest BCUT2D eigenvalue weighted by atomic mass is 79.9. The summed E-state index contributed by atoms with van der Waals surface area (Å²) in [6.45, 7) is 2.07. The van der Waals surface area contributed by atoms with Crippen LogP contribution in [-0.4, -0.2) is 25.1 Å². The maximum atomic E-state index is 11.9. The highest BCUT2D eigenvalue weighted by Crippen LogP contribution is 2.28. The van der Waals surface area contributed by atoms with Crippen molar-refractivity contribution in [2.45, 2.75) is 11.8 Å². The summed E-state index contributed by atoms with van der Waals surface area (Å²) in [6, 6.07) is 13.9. The fourth-order valence-corrected chi connectivity index (χ4v) is 3.65. The van der Waals surface area contributed by atoms with Crippen molar-refractivity contribution in [3.05, 3.63) is 53.0 Å². The molecule has 2 aromatic carbocycles. The average molecular weight is 408 g/mol. The zero-order valence-electron chi connectivity index (χ0n) is 12.7. The molecule has 0 aliphatic heterocycles.